The smallest absolute Gasteiger partial charge is 0.214 e. The lowest BCUT2D eigenvalue weighted by molar-refractivity contribution is 0.164. The molecule has 1 aromatic rings. The van der Waals surface area contributed by atoms with E-state index in [9.17, 15) is 0 Å². The number of nitrogens with two attached hydrogens (primary N) is 2. The van der Waals surface area contributed by atoms with Crippen molar-refractivity contribution in [2.75, 3.05) is 58.9 Å². The van der Waals surface area contributed by atoms with Gasteiger partial charge in [-0.05, 0) is 18.5 Å². The van der Waals surface area contributed by atoms with Crippen LogP contribution < -0.4 is 16.8 Å². The summed E-state index contributed by atoms with van der Waals surface area (Å²) in [5.74, 6) is 0. The summed E-state index contributed by atoms with van der Waals surface area (Å²) in [6.07, 6.45) is 1.99. The summed E-state index contributed by atoms with van der Waals surface area (Å²) < 4.78 is 0. The van der Waals surface area contributed by atoms with Crippen molar-refractivity contribution in [3.8, 4) is 18.2 Å². The van der Waals surface area contributed by atoms with Crippen molar-refractivity contribution in [3.63, 3.8) is 0 Å². The van der Waals surface area contributed by atoms with Crippen molar-refractivity contribution in [3.05, 3.63) is 47.3 Å². The van der Waals surface area contributed by atoms with Gasteiger partial charge in [0.05, 0.1) is 44.0 Å². The second-order valence-corrected chi connectivity index (χ2v) is 6.54. The molecular weight excluding hydrogens is 414 g/mol. The normalized spacial score (nSPS) is 12.7. The van der Waals surface area contributed by atoms with Crippen LogP contribution in [0.25, 0.3) is 4.85 Å². The van der Waals surface area contributed by atoms with Crippen LogP contribution in [0.3, 0.4) is 0 Å². The Morgan fingerprint density at radius 3 is 1.94 bits per heavy atom. The SMILES string of the molecule is CC.N#CCN1CCN(CC#N)C1c1ccccc1.NCCN.[C-]#[N+]CCCCNCC#N. The number of benzene rings is 1. The molecule has 1 aromatic carbocycles. The van der Waals surface area contributed by atoms with E-state index in [2.05, 4.69) is 32.1 Å². The molecule has 2 rings (SSSR count). The third kappa shape index (κ3) is 16.3. The maximum Gasteiger partial charge on any atom is 0.214 e. The van der Waals surface area contributed by atoms with Gasteiger partial charge in [0.2, 0.25) is 6.54 Å². The highest BCUT2D eigenvalue weighted by Gasteiger charge is 2.32. The zero-order valence-electron chi connectivity index (χ0n) is 20.1. The minimum absolute atomic E-state index is 0.0653. The molecule has 180 valence electrons. The zero-order chi connectivity index (χ0) is 25.2. The van der Waals surface area contributed by atoms with E-state index in [1.54, 1.807) is 0 Å². The van der Waals surface area contributed by atoms with E-state index in [1.807, 2.05) is 50.2 Å². The number of nitriles is 3. The number of hydrogen-bond acceptors (Lipinski definition) is 8. The van der Waals surface area contributed by atoms with E-state index in [1.165, 1.54) is 0 Å². The Morgan fingerprint density at radius 2 is 1.52 bits per heavy atom. The fraction of sp³-hybridized carbons (Fsp3) is 0.583. The Kier molecular flexibility index (Phi) is 24.6. The Bertz CT molecular complexity index is 682. The lowest BCUT2D eigenvalue weighted by Crippen LogP contribution is -2.31. The molecule has 5 N–H and O–H groups in total. The first-order valence-corrected chi connectivity index (χ1v) is 11.3. The van der Waals surface area contributed by atoms with Gasteiger partial charge in [-0.3, -0.25) is 9.80 Å². The predicted octanol–water partition coefficient (Wildman–Crippen LogP) is 2.08. The van der Waals surface area contributed by atoms with Crippen molar-refractivity contribution in [1.29, 1.82) is 15.8 Å². The average molecular weight is 454 g/mol. The fourth-order valence-electron chi connectivity index (χ4n) is 2.88. The maximum atomic E-state index is 8.83. The summed E-state index contributed by atoms with van der Waals surface area (Å²) >= 11 is 0. The third-order valence-corrected chi connectivity index (χ3v) is 4.26. The van der Waals surface area contributed by atoms with Gasteiger partial charge in [-0.15, -0.1) is 0 Å². The molecule has 9 heteroatoms. The summed E-state index contributed by atoms with van der Waals surface area (Å²) in [6, 6.07) is 16.4. The van der Waals surface area contributed by atoms with Crippen LogP contribution in [0.2, 0.25) is 0 Å². The molecule has 1 saturated heterocycles. The molecule has 1 aliphatic rings. The summed E-state index contributed by atoms with van der Waals surface area (Å²) in [5, 5.41) is 28.7. The van der Waals surface area contributed by atoms with E-state index < -0.39 is 0 Å². The number of nitrogens with one attached hydrogen (secondary N) is 1. The van der Waals surface area contributed by atoms with Gasteiger partial charge in [-0.25, -0.2) is 6.57 Å². The van der Waals surface area contributed by atoms with Crippen molar-refractivity contribution < 1.29 is 0 Å². The molecule has 0 spiro atoms. The topological polar surface area (TPSA) is 146 Å². The van der Waals surface area contributed by atoms with Crippen LogP contribution in [0.4, 0.5) is 0 Å². The summed E-state index contributed by atoms with van der Waals surface area (Å²) in [4.78, 5) is 7.42. The molecule has 33 heavy (non-hydrogen) atoms. The second-order valence-electron chi connectivity index (χ2n) is 6.54. The lowest BCUT2D eigenvalue weighted by atomic mass is 10.1. The van der Waals surface area contributed by atoms with E-state index in [4.69, 9.17) is 33.8 Å². The second kappa shape index (κ2) is 25.2. The van der Waals surface area contributed by atoms with E-state index in [0.717, 1.165) is 38.0 Å². The fourth-order valence-corrected chi connectivity index (χ4v) is 2.88. The first-order chi connectivity index (χ1) is 16.2. The van der Waals surface area contributed by atoms with Gasteiger partial charge in [-0.2, -0.15) is 15.8 Å². The summed E-state index contributed by atoms with van der Waals surface area (Å²) in [7, 11) is 0. The van der Waals surface area contributed by atoms with Gasteiger partial charge in [0.1, 0.15) is 0 Å². The van der Waals surface area contributed by atoms with Crippen LogP contribution >= 0.6 is 0 Å². The van der Waals surface area contributed by atoms with Gasteiger partial charge < -0.3 is 21.6 Å². The molecule has 1 aliphatic heterocycles. The molecule has 0 amide bonds. The average Bonchev–Trinajstić information content (AvgIpc) is 3.26. The Labute approximate surface area is 200 Å². The standard InChI is InChI=1S/C13H14N4.C7H11N3.C2H8N2.C2H6/c14-6-8-16-10-11-17(9-7-15)13(16)12-4-2-1-3-5-12;1-9-5-2-3-6-10-7-4-8;3-1-2-4;1-2/h1-5,13H,8-11H2;10H,2-3,5-7H2;1-4H2;1-2H3. The molecule has 9 nitrogen and oxygen atoms in total. The third-order valence-electron chi connectivity index (χ3n) is 4.26. The number of hydrogen-bond donors (Lipinski definition) is 3. The molecule has 1 heterocycles. The van der Waals surface area contributed by atoms with Crippen LogP contribution in [0, 0.1) is 40.6 Å². The summed E-state index contributed by atoms with van der Waals surface area (Å²) in [5.41, 5.74) is 11.0. The monoisotopic (exact) mass is 453 g/mol. The molecule has 0 aromatic heterocycles. The molecular formula is C24H39N9. The van der Waals surface area contributed by atoms with Crippen molar-refractivity contribution in [2.24, 2.45) is 11.5 Å². The van der Waals surface area contributed by atoms with Gasteiger partial charge in [0.15, 0.2) is 0 Å². The highest BCUT2D eigenvalue weighted by Crippen LogP contribution is 2.28. The molecule has 0 atom stereocenters. The highest BCUT2D eigenvalue weighted by atomic mass is 15.4. The molecule has 0 radical (unpaired) electrons. The molecule has 0 aliphatic carbocycles. The first-order valence-electron chi connectivity index (χ1n) is 11.3. The molecule has 0 unspecified atom stereocenters. The largest absolute Gasteiger partial charge is 0.329 e. The number of unbranched alkanes of at least 4 members (excludes halogenated alkanes) is 1. The van der Waals surface area contributed by atoms with Gasteiger partial charge in [0, 0.05) is 32.6 Å². The van der Waals surface area contributed by atoms with Crippen LogP contribution in [0.15, 0.2) is 30.3 Å². The molecule has 0 bridgehead atoms. The van der Waals surface area contributed by atoms with Crippen LogP contribution in [0.1, 0.15) is 38.4 Å². The van der Waals surface area contributed by atoms with Gasteiger partial charge in [0.25, 0.3) is 0 Å². The molecule has 1 fully saturated rings. The van der Waals surface area contributed by atoms with Crippen LogP contribution in [-0.4, -0.2) is 68.7 Å². The Balaban J connectivity index is 0. The van der Waals surface area contributed by atoms with Crippen LogP contribution in [0.5, 0.6) is 0 Å². The number of nitrogens with zero attached hydrogens (tertiary/aromatic N) is 6. The van der Waals surface area contributed by atoms with Crippen molar-refractivity contribution in [2.45, 2.75) is 32.9 Å². The van der Waals surface area contributed by atoms with E-state index in [0.29, 0.717) is 39.3 Å². The minimum atomic E-state index is 0.0653. The quantitative estimate of drug-likeness (QED) is 0.292. The molecule has 0 saturated carbocycles. The summed E-state index contributed by atoms with van der Waals surface area (Å²) in [6.45, 7) is 16.0. The van der Waals surface area contributed by atoms with Crippen molar-refractivity contribution in [1.82, 2.24) is 15.1 Å². The first kappa shape index (κ1) is 32.2. The maximum absolute atomic E-state index is 8.83. The number of rotatable bonds is 9. The van der Waals surface area contributed by atoms with Gasteiger partial charge >= 0.3 is 0 Å². The van der Waals surface area contributed by atoms with Gasteiger partial charge in [-0.1, -0.05) is 44.2 Å². The van der Waals surface area contributed by atoms with Crippen LogP contribution in [-0.2, 0) is 0 Å². The van der Waals surface area contributed by atoms with E-state index >= 15 is 0 Å². The highest BCUT2D eigenvalue weighted by molar-refractivity contribution is 5.20. The van der Waals surface area contributed by atoms with Crippen molar-refractivity contribution >= 4 is 0 Å². The Morgan fingerprint density at radius 1 is 0.970 bits per heavy atom. The Hall–Kier alpha value is -3.02. The minimum Gasteiger partial charge on any atom is -0.329 e. The lowest BCUT2D eigenvalue weighted by Gasteiger charge is -2.27. The zero-order valence-corrected chi connectivity index (χ0v) is 20.1. The predicted molar refractivity (Wildman–Crippen MR) is 132 cm³/mol. The van der Waals surface area contributed by atoms with E-state index in [-0.39, 0.29) is 6.17 Å².